The van der Waals surface area contributed by atoms with Crippen LogP contribution in [0.15, 0.2) is 40.9 Å². The number of aromatic nitrogens is 2. The summed E-state index contributed by atoms with van der Waals surface area (Å²) in [5, 5.41) is 12.0. The Morgan fingerprint density at radius 2 is 1.68 bits per heavy atom. The van der Waals surface area contributed by atoms with Crippen molar-refractivity contribution in [1.29, 1.82) is 0 Å². The van der Waals surface area contributed by atoms with E-state index < -0.39 is 0 Å². The molecule has 0 amide bonds. The molecular weight excluding hydrogens is 302 g/mol. The molecule has 98 valence electrons. The predicted octanol–water partition coefficient (Wildman–Crippen LogP) is 4.26. The molecule has 1 aromatic heterocycles. The highest BCUT2D eigenvalue weighted by Crippen LogP contribution is 2.23. The van der Waals surface area contributed by atoms with E-state index in [0.29, 0.717) is 6.04 Å². The lowest BCUT2D eigenvalue weighted by atomic mass is 10.1. The average Bonchev–Trinajstić information content (AvgIpc) is 2.94. The zero-order valence-electron chi connectivity index (χ0n) is 10.6. The van der Waals surface area contributed by atoms with Gasteiger partial charge in [0.2, 0.25) is 0 Å². The molecule has 0 saturated heterocycles. The molecule has 3 rings (SSSR count). The quantitative estimate of drug-likeness (QED) is 0.919. The number of nitrogens with one attached hydrogen (secondary N) is 1. The fraction of sp³-hybridized carbons (Fsp3) is 0.333. The first-order valence-electron chi connectivity index (χ1n) is 6.67. The van der Waals surface area contributed by atoms with Gasteiger partial charge in [0.25, 0.3) is 0 Å². The molecule has 3 nitrogen and oxygen atoms in total. The predicted molar refractivity (Wildman–Crippen MR) is 81.0 cm³/mol. The summed E-state index contributed by atoms with van der Waals surface area (Å²) in [5.74, 6) is 0.882. The summed E-state index contributed by atoms with van der Waals surface area (Å²) in [5.41, 5.74) is 1.99. The van der Waals surface area contributed by atoms with Crippen LogP contribution >= 0.6 is 15.9 Å². The Bertz CT molecular complexity index is 530. The Morgan fingerprint density at radius 3 is 2.32 bits per heavy atom. The number of anilines is 1. The third-order valence-electron chi connectivity index (χ3n) is 3.51. The fourth-order valence-electron chi connectivity index (χ4n) is 2.46. The van der Waals surface area contributed by atoms with Crippen LogP contribution in [-0.2, 0) is 0 Å². The number of hydrogen-bond donors (Lipinski definition) is 1. The Kier molecular flexibility index (Phi) is 3.78. The van der Waals surface area contributed by atoms with Crippen LogP contribution in [0, 0.1) is 0 Å². The van der Waals surface area contributed by atoms with Crippen molar-refractivity contribution in [2.24, 2.45) is 0 Å². The Morgan fingerprint density at radius 1 is 0.947 bits per heavy atom. The van der Waals surface area contributed by atoms with Crippen LogP contribution in [-0.4, -0.2) is 16.2 Å². The van der Waals surface area contributed by atoms with E-state index in [-0.39, 0.29) is 0 Å². The van der Waals surface area contributed by atoms with Gasteiger partial charge in [-0.25, -0.2) is 0 Å². The monoisotopic (exact) mass is 317 g/mol. The number of halogens is 1. The smallest absolute Gasteiger partial charge is 0.148 e. The molecule has 1 heterocycles. The van der Waals surface area contributed by atoms with Crippen molar-refractivity contribution in [3.05, 3.63) is 40.9 Å². The molecule has 2 aromatic rings. The summed E-state index contributed by atoms with van der Waals surface area (Å²) in [6, 6.07) is 12.7. The second kappa shape index (κ2) is 5.70. The maximum atomic E-state index is 4.29. The highest BCUT2D eigenvalue weighted by molar-refractivity contribution is 9.10. The summed E-state index contributed by atoms with van der Waals surface area (Å²) in [7, 11) is 0. The second-order valence-corrected chi connectivity index (χ2v) is 5.85. The van der Waals surface area contributed by atoms with Crippen molar-refractivity contribution < 1.29 is 0 Å². The molecule has 0 atom stereocenters. The molecule has 0 bridgehead atoms. The van der Waals surface area contributed by atoms with E-state index >= 15 is 0 Å². The Hall–Kier alpha value is -1.42. The molecule has 1 fully saturated rings. The van der Waals surface area contributed by atoms with E-state index in [1.165, 1.54) is 25.7 Å². The summed E-state index contributed by atoms with van der Waals surface area (Å²) in [6.07, 6.45) is 5.14. The van der Waals surface area contributed by atoms with Crippen molar-refractivity contribution in [2.75, 3.05) is 5.32 Å². The summed E-state index contributed by atoms with van der Waals surface area (Å²) < 4.78 is 1.07. The molecule has 0 spiro atoms. The minimum absolute atomic E-state index is 0.577. The van der Waals surface area contributed by atoms with E-state index in [2.05, 4.69) is 31.4 Å². The molecule has 1 N–H and O–H groups in total. The van der Waals surface area contributed by atoms with Crippen molar-refractivity contribution in [2.45, 2.75) is 31.7 Å². The minimum atomic E-state index is 0.577. The van der Waals surface area contributed by atoms with E-state index in [9.17, 15) is 0 Å². The SMILES string of the molecule is Brc1ccc(-c2ccc(NC3CCCC3)nn2)cc1. The van der Waals surface area contributed by atoms with Gasteiger partial charge >= 0.3 is 0 Å². The fourth-order valence-corrected chi connectivity index (χ4v) is 2.73. The van der Waals surface area contributed by atoms with Crippen LogP contribution in [0.4, 0.5) is 5.82 Å². The first-order valence-corrected chi connectivity index (χ1v) is 7.47. The Labute approximate surface area is 121 Å². The summed E-state index contributed by atoms with van der Waals surface area (Å²) in [4.78, 5) is 0. The molecule has 0 unspecified atom stereocenters. The van der Waals surface area contributed by atoms with Crippen LogP contribution < -0.4 is 5.32 Å². The van der Waals surface area contributed by atoms with Crippen LogP contribution in [0.25, 0.3) is 11.3 Å². The normalized spacial score (nSPS) is 15.6. The van der Waals surface area contributed by atoms with Gasteiger partial charge in [0.15, 0.2) is 0 Å². The van der Waals surface area contributed by atoms with Gasteiger partial charge in [-0.2, -0.15) is 0 Å². The first-order chi connectivity index (χ1) is 9.31. The van der Waals surface area contributed by atoms with Crippen molar-refractivity contribution in [3.63, 3.8) is 0 Å². The lowest BCUT2D eigenvalue weighted by Gasteiger charge is -2.11. The summed E-state index contributed by atoms with van der Waals surface area (Å²) >= 11 is 3.43. The molecule has 0 radical (unpaired) electrons. The number of nitrogens with zero attached hydrogens (tertiary/aromatic N) is 2. The third-order valence-corrected chi connectivity index (χ3v) is 4.04. The standard InChI is InChI=1S/C15H16BrN3/c16-12-7-5-11(6-8-12)14-9-10-15(19-18-14)17-13-3-1-2-4-13/h5-10,13H,1-4H2,(H,17,19). The molecule has 19 heavy (non-hydrogen) atoms. The van der Waals surface area contributed by atoms with E-state index in [1.54, 1.807) is 0 Å². The van der Waals surface area contributed by atoms with Gasteiger partial charge in [-0.05, 0) is 37.1 Å². The molecule has 1 aliphatic rings. The van der Waals surface area contributed by atoms with Crippen molar-refractivity contribution >= 4 is 21.7 Å². The molecule has 0 aliphatic heterocycles. The highest BCUT2D eigenvalue weighted by atomic mass is 79.9. The Balaban J connectivity index is 1.72. The van der Waals surface area contributed by atoms with Crippen molar-refractivity contribution in [1.82, 2.24) is 10.2 Å². The van der Waals surface area contributed by atoms with Gasteiger partial charge in [-0.1, -0.05) is 40.9 Å². The van der Waals surface area contributed by atoms with Crippen LogP contribution in [0.1, 0.15) is 25.7 Å². The largest absolute Gasteiger partial charge is 0.366 e. The number of rotatable bonds is 3. The average molecular weight is 318 g/mol. The van der Waals surface area contributed by atoms with E-state index in [1.807, 2.05) is 36.4 Å². The zero-order chi connectivity index (χ0) is 13.1. The molecule has 1 aliphatic carbocycles. The van der Waals surface area contributed by atoms with E-state index in [4.69, 9.17) is 0 Å². The van der Waals surface area contributed by atoms with Crippen LogP contribution in [0.3, 0.4) is 0 Å². The number of benzene rings is 1. The molecule has 4 heteroatoms. The second-order valence-electron chi connectivity index (χ2n) is 4.94. The maximum Gasteiger partial charge on any atom is 0.148 e. The maximum absolute atomic E-state index is 4.29. The lowest BCUT2D eigenvalue weighted by Crippen LogP contribution is -2.15. The third kappa shape index (κ3) is 3.13. The van der Waals surface area contributed by atoms with Gasteiger partial charge in [0, 0.05) is 16.1 Å². The molecular formula is C15H16BrN3. The van der Waals surface area contributed by atoms with Gasteiger partial charge in [0.05, 0.1) is 5.69 Å². The zero-order valence-corrected chi connectivity index (χ0v) is 12.2. The van der Waals surface area contributed by atoms with Crippen LogP contribution in [0.2, 0.25) is 0 Å². The topological polar surface area (TPSA) is 37.8 Å². The van der Waals surface area contributed by atoms with Gasteiger partial charge < -0.3 is 5.32 Å². The van der Waals surface area contributed by atoms with Gasteiger partial charge in [-0.3, -0.25) is 0 Å². The van der Waals surface area contributed by atoms with Crippen molar-refractivity contribution in [3.8, 4) is 11.3 Å². The highest BCUT2D eigenvalue weighted by Gasteiger charge is 2.14. The first kappa shape index (κ1) is 12.6. The van der Waals surface area contributed by atoms with E-state index in [0.717, 1.165) is 21.5 Å². The molecule has 1 saturated carbocycles. The van der Waals surface area contributed by atoms with Gasteiger partial charge in [-0.15, -0.1) is 10.2 Å². The van der Waals surface area contributed by atoms with Crippen LogP contribution in [0.5, 0.6) is 0 Å². The van der Waals surface area contributed by atoms with Gasteiger partial charge in [0.1, 0.15) is 5.82 Å². The number of hydrogen-bond acceptors (Lipinski definition) is 3. The lowest BCUT2D eigenvalue weighted by molar-refractivity contribution is 0.746. The molecule has 1 aromatic carbocycles. The summed E-state index contributed by atoms with van der Waals surface area (Å²) in [6.45, 7) is 0. The minimum Gasteiger partial charge on any atom is -0.366 e.